The predicted octanol–water partition coefficient (Wildman–Crippen LogP) is -4.55. The van der Waals surface area contributed by atoms with Crippen LogP contribution in [0.2, 0.25) is 0 Å². The Morgan fingerprint density at radius 2 is 1.42 bits per heavy atom. The Morgan fingerprint density at radius 1 is 1.05 bits per heavy atom. The summed E-state index contributed by atoms with van der Waals surface area (Å²) in [7, 11) is 0.304. The third-order valence-electron chi connectivity index (χ3n) is 1.91. The molecular formula is C10H23IN2O5S. The summed E-state index contributed by atoms with van der Waals surface area (Å²) in [5, 5.41) is 24.6. The molecular weight excluding hydrogens is 387 g/mol. The molecule has 0 aromatic carbocycles. The third kappa shape index (κ3) is 17.9. The maximum atomic E-state index is 10.2. The van der Waals surface area contributed by atoms with Gasteiger partial charge in [-0.2, -0.15) is 0 Å². The highest BCUT2D eigenvalue weighted by Crippen LogP contribution is 1.93. The average Bonchev–Trinajstić information content (AvgIpc) is 2.26. The Kier molecular flexibility index (Phi) is 18.0. The van der Waals surface area contributed by atoms with E-state index in [0.717, 1.165) is 5.75 Å². The summed E-state index contributed by atoms with van der Waals surface area (Å²) < 4.78 is 0. The number of hydrogen-bond donors (Lipinski definition) is 5. The van der Waals surface area contributed by atoms with E-state index in [0.29, 0.717) is 17.3 Å². The van der Waals surface area contributed by atoms with Crippen LogP contribution in [0.25, 0.3) is 0 Å². The number of hydrogen-bond acceptors (Lipinski definition) is 5. The number of aliphatic hydroxyl groups excluding tert-OH is 1. The highest BCUT2D eigenvalue weighted by atomic mass is 127. The van der Waals surface area contributed by atoms with Crippen molar-refractivity contribution in [2.75, 3.05) is 24.9 Å². The summed E-state index contributed by atoms with van der Waals surface area (Å²) in [5.41, 5.74) is 10.2. The van der Waals surface area contributed by atoms with E-state index in [9.17, 15) is 9.59 Å². The summed E-state index contributed by atoms with van der Waals surface area (Å²) in [6, 6.07) is -1.59. The van der Waals surface area contributed by atoms with Crippen LogP contribution in [0.3, 0.4) is 0 Å². The van der Waals surface area contributed by atoms with Gasteiger partial charge in [-0.25, -0.2) is 0 Å². The van der Waals surface area contributed by atoms with Gasteiger partial charge in [-0.1, -0.05) is 0 Å². The van der Waals surface area contributed by atoms with Crippen molar-refractivity contribution in [3.05, 3.63) is 0 Å². The van der Waals surface area contributed by atoms with Crippen molar-refractivity contribution < 1.29 is 48.9 Å². The summed E-state index contributed by atoms with van der Waals surface area (Å²) in [4.78, 5) is 20.0. The van der Waals surface area contributed by atoms with Crippen LogP contribution in [-0.4, -0.2) is 64.2 Å². The van der Waals surface area contributed by atoms with Crippen LogP contribution in [0.4, 0.5) is 0 Å². The molecule has 0 spiro atoms. The minimum Gasteiger partial charge on any atom is -1.00 e. The van der Waals surface area contributed by atoms with Crippen LogP contribution >= 0.6 is 0 Å². The molecule has 0 aliphatic rings. The fourth-order valence-corrected chi connectivity index (χ4v) is 1.47. The fourth-order valence-electron chi connectivity index (χ4n) is 0.749. The maximum absolute atomic E-state index is 10.2. The zero-order valence-corrected chi connectivity index (χ0v) is 14.1. The number of rotatable bonds is 7. The van der Waals surface area contributed by atoms with Gasteiger partial charge in [0, 0.05) is 13.0 Å². The summed E-state index contributed by atoms with van der Waals surface area (Å²) in [5.74, 6) is -1.06. The van der Waals surface area contributed by atoms with E-state index in [1.54, 1.807) is 0 Å². The van der Waals surface area contributed by atoms with E-state index in [1.807, 2.05) is 0 Å². The molecule has 7 nitrogen and oxygen atoms in total. The Hall–Kier alpha value is -0.100. The van der Waals surface area contributed by atoms with Gasteiger partial charge in [0.15, 0.2) is 0 Å². The molecule has 0 aromatic rings. The van der Waals surface area contributed by atoms with Crippen LogP contribution in [0.1, 0.15) is 12.8 Å². The third-order valence-corrected chi connectivity index (χ3v) is 2.96. The Labute approximate surface area is 133 Å². The van der Waals surface area contributed by atoms with Gasteiger partial charge in [-0.05, 0) is 17.3 Å². The molecule has 0 unspecified atom stereocenters. The van der Waals surface area contributed by atoms with Gasteiger partial charge in [0.25, 0.3) is 0 Å². The number of aliphatic carboxylic acids is 2. The smallest absolute Gasteiger partial charge is 0.320 e. The van der Waals surface area contributed by atoms with Crippen molar-refractivity contribution in [2.45, 2.75) is 24.9 Å². The Bertz CT molecular complexity index is 256. The van der Waals surface area contributed by atoms with Gasteiger partial charge in [-0.15, -0.1) is 0 Å². The monoisotopic (exact) mass is 410 g/mol. The molecule has 0 aliphatic heterocycles. The van der Waals surface area contributed by atoms with Crippen LogP contribution in [0.5, 0.6) is 0 Å². The molecule has 0 aromatic heterocycles. The zero-order chi connectivity index (χ0) is 14.7. The minimum absolute atomic E-state index is 0. The van der Waals surface area contributed by atoms with Gasteiger partial charge >= 0.3 is 11.9 Å². The van der Waals surface area contributed by atoms with Crippen molar-refractivity contribution >= 4 is 22.8 Å². The lowest BCUT2D eigenvalue weighted by Crippen LogP contribution is -3.00. The molecule has 9 heteroatoms. The lowest BCUT2D eigenvalue weighted by atomic mass is 10.2. The molecule has 0 saturated heterocycles. The van der Waals surface area contributed by atoms with E-state index in [1.165, 1.54) is 0 Å². The van der Waals surface area contributed by atoms with Gasteiger partial charge in [0.2, 0.25) is 0 Å². The molecule has 7 N–H and O–H groups in total. The molecule has 0 bridgehead atoms. The second-order valence-electron chi connectivity index (χ2n) is 3.88. The predicted molar refractivity (Wildman–Crippen MR) is 71.6 cm³/mol. The lowest BCUT2D eigenvalue weighted by Gasteiger charge is -2.02. The van der Waals surface area contributed by atoms with Crippen LogP contribution in [0, 0.1) is 0 Å². The van der Waals surface area contributed by atoms with Crippen LogP contribution in [-0.2, 0) is 20.5 Å². The number of carbonyl (C=O) groups is 2. The summed E-state index contributed by atoms with van der Waals surface area (Å²) >= 11 is 0. The number of carboxylic acids is 2. The van der Waals surface area contributed by atoms with E-state index >= 15 is 0 Å². The topological polar surface area (TPSA) is 147 Å². The zero-order valence-electron chi connectivity index (χ0n) is 11.1. The first-order valence-corrected chi connectivity index (χ1v) is 7.55. The molecule has 0 rings (SSSR count). The summed E-state index contributed by atoms with van der Waals surface area (Å²) in [6.07, 6.45) is 4.86. The van der Waals surface area contributed by atoms with E-state index in [2.05, 4.69) is 12.5 Å². The summed E-state index contributed by atoms with van der Waals surface area (Å²) in [6.45, 7) is -0.173. The normalized spacial score (nSPS) is 12.7. The van der Waals surface area contributed by atoms with Gasteiger partial charge < -0.3 is 50.8 Å². The number of nitrogens with two attached hydrogens (primary N) is 2. The molecule has 0 saturated carbocycles. The van der Waals surface area contributed by atoms with E-state index < -0.39 is 24.0 Å². The second kappa shape index (κ2) is 14.3. The molecule has 0 amide bonds. The number of aliphatic hydroxyl groups is 1. The molecule has 0 fully saturated rings. The number of halogens is 1. The molecule has 19 heavy (non-hydrogen) atoms. The fraction of sp³-hybridized carbons (Fsp3) is 0.800. The Morgan fingerprint density at radius 3 is 1.63 bits per heavy atom. The number of carboxylic acid groups (broad SMARTS) is 2. The van der Waals surface area contributed by atoms with Crippen LogP contribution in [0.15, 0.2) is 0 Å². The first kappa shape index (κ1) is 24.0. The molecule has 0 radical (unpaired) electrons. The van der Waals surface area contributed by atoms with Gasteiger partial charge in [-0.3, -0.25) is 9.59 Å². The quantitative estimate of drug-likeness (QED) is 0.210. The first-order chi connectivity index (χ1) is 8.22. The van der Waals surface area contributed by atoms with Crippen LogP contribution < -0.4 is 35.4 Å². The standard InChI is InChI=1S/C6H13NO2S.C4H9NO3.HI/c1-10(2)4-3-5(7)6(8)9;5-3(1-2-6)4(7)8;/h5H,3-4,7H2,1-2H3;3,6H,1-2,5H2,(H,7,8);1H/t5-;3-;/m00./s1. The molecule has 0 heterocycles. The lowest BCUT2D eigenvalue weighted by molar-refractivity contribution is -0.139. The van der Waals surface area contributed by atoms with Crippen molar-refractivity contribution in [3.63, 3.8) is 0 Å². The van der Waals surface area contributed by atoms with Crippen molar-refractivity contribution in [1.29, 1.82) is 0 Å². The molecule has 116 valence electrons. The molecule has 2 atom stereocenters. The van der Waals surface area contributed by atoms with Gasteiger partial charge in [0.05, 0.1) is 12.5 Å². The first-order valence-electron chi connectivity index (χ1n) is 5.34. The second-order valence-corrected chi connectivity index (χ2v) is 6.26. The van der Waals surface area contributed by atoms with Gasteiger partial charge in [0.1, 0.15) is 17.8 Å². The van der Waals surface area contributed by atoms with Crippen molar-refractivity contribution in [2.24, 2.45) is 11.5 Å². The largest absolute Gasteiger partial charge is 1.00 e. The average molecular weight is 410 g/mol. The van der Waals surface area contributed by atoms with Crippen molar-refractivity contribution in [1.82, 2.24) is 0 Å². The molecule has 0 aliphatic carbocycles. The Balaban J connectivity index is -0.000000262. The SMILES string of the molecule is C[S+](C)CC[C@H](N)C(=O)O.N[C@@H](CCO)C(=O)O.[I-]. The highest BCUT2D eigenvalue weighted by molar-refractivity contribution is 7.95. The minimum atomic E-state index is -1.07. The van der Waals surface area contributed by atoms with Crippen molar-refractivity contribution in [3.8, 4) is 0 Å². The highest BCUT2D eigenvalue weighted by Gasteiger charge is 2.14. The van der Waals surface area contributed by atoms with E-state index in [-0.39, 0.29) is 37.0 Å². The maximum Gasteiger partial charge on any atom is 0.320 e. The van der Waals surface area contributed by atoms with E-state index in [4.69, 9.17) is 26.8 Å².